The Labute approximate surface area is 94.3 Å². The molecule has 4 nitrogen and oxygen atoms in total. The van der Waals surface area contributed by atoms with E-state index in [2.05, 4.69) is 23.1 Å². The first kappa shape index (κ1) is 9.78. The number of rotatable bonds is 1. The molecule has 0 radical (unpaired) electrons. The Kier molecular flexibility index (Phi) is 2.36. The van der Waals surface area contributed by atoms with Crippen molar-refractivity contribution < 1.29 is 4.74 Å². The Hall–Kier alpha value is -1.42. The van der Waals surface area contributed by atoms with Crippen molar-refractivity contribution in [1.29, 1.82) is 0 Å². The Morgan fingerprint density at radius 1 is 1.44 bits per heavy atom. The molecule has 0 aliphatic carbocycles. The molecule has 1 aliphatic rings. The first-order valence-corrected chi connectivity index (χ1v) is 5.73. The van der Waals surface area contributed by atoms with E-state index in [4.69, 9.17) is 4.74 Å². The molecule has 84 valence electrons. The van der Waals surface area contributed by atoms with E-state index in [1.807, 2.05) is 16.8 Å². The van der Waals surface area contributed by atoms with Crippen LogP contribution in [0.3, 0.4) is 0 Å². The maximum Gasteiger partial charge on any atom is 0.157 e. The van der Waals surface area contributed by atoms with Gasteiger partial charge < -0.3 is 4.74 Å². The molecule has 1 fully saturated rings. The summed E-state index contributed by atoms with van der Waals surface area (Å²) in [6.07, 6.45) is 4.25. The summed E-state index contributed by atoms with van der Waals surface area (Å²) in [6, 6.07) is 4.07. The summed E-state index contributed by atoms with van der Waals surface area (Å²) in [6.45, 7) is 3.70. The van der Waals surface area contributed by atoms with Crippen LogP contribution in [0.1, 0.15) is 30.1 Å². The van der Waals surface area contributed by atoms with Crippen molar-refractivity contribution in [3.05, 3.63) is 29.7 Å². The normalized spacial score (nSPS) is 21.4. The van der Waals surface area contributed by atoms with Crippen molar-refractivity contribution in [2.75, 3.05) is 13.2 Å². The van der Waals surface area contributed by atoms with Crippen LogP contribution in [0.4, 0.5) is 0 Å². The minimum absolute atomic E-state index is 0.369. The van der Waals surface area contributed by atoms with Crippen molar-refractivity contribution in [2.45, 2.75) is 25.7 Å². The topological polar surface area (TPSA) is 39.4 Å². The lowest BCUT2D eigenvalue weighted by Crippen LogP contribution is -2.16. The van der Waals surface area contributed by atoms with E-state index in [1.165, 1.54) is 5.56 Å². The summed E-state index contributed by atoms with van der Waals surface area (Å²) in [4.78, 5) is 4.55. The highest BCUT2D eigenvalue weighted by atomic mass is 16.5. The highest BCUT2D eigenvalue weighted by Crippen LogP contribution is 2.23. The largest absolute Gasteiger partial charge is 0.381 e. The molecule has 3 rings (SSSR count). The van der Waals surface area contributed by atoms with Crippen LogP contribution in [-0.2, 0) is 4.74 Å². The fourth-order valence-electron chi connectivity index (χ4n) is 2.12. The molecule has 0 bridgehead atoms. The van der Waals surface area contributed by atoms with E-state index >= 15 is 0 Å². The fraction of sp³-hybridized carbons (Fsp3) is 0.500. The number of aryl methyl sites for hydroxylation is 1. The molecule has 0 N–H and O–H groups in total. The van der Waals surface area contributed by atoms with Gasteiger partial charge in [-0.3, -0.25) is 0 Å². The van der Waals surface area contributed by atoms with Gasteiger partial charge in [-0.25, -0.2) is 9.50 Å². The summed E-state index contributed by atoms with van der Waals surface area (Å²) < 4.78 is 7.33. The van der Waals surface area contributed by atoms with Crippen molar-refractivity contribution >= 4 is 5.65 Å². The van der Waals surface area contributed by atoms with Gasteiger partial charge >= 0.3 is 0 Å². The molecule has 3 heterocycles. The zero-order valence-electron chi connectivity index (χ0n) is 9.39. The molecule has 16 heavy (non-hydrogen) atoms. The third-order valence-corrected chi connectivity index (χ3v) is 3.02. The number of nitrogens with zero attached hydrogens (tertiary/aromatic N) is 3. The molecule has 0 aromatic carbocycles. The molecule has 1 aliphatic heterocycles. The molecule has 1 atom stereocenters. The lowest BCUT2D eigenvalue weighted by atomic mass is 10.0. The SMILES string of the molecule is Cc1ccc2nc(C3CCCOC3)nn2c1. The molecule has 4 heteroatoms. The number of aromatic nitrogens is 3. The van der Waals surface area contributed by atoms with Gasteiger partial charge in [0.15, 0.2) is 11.5 Å². The molecule has 2 aromatic rings. The van der Waals surface area contributed by atoms with Crippen molar-refractivity contribution in [3.8, 4) is 0 Å². The molecular formula is C12H15N3O. The third-order valence-electron chi connectivity index (χ3n) is 3.02. The number of hydrogen-bond acceptors (Lipinski definition) is 3. The molecule has 1 unspecified atom stereocenters. The summed E-state index contributed by atoms with van der Waals surface area (Å²) in [5.74, 6) is 1.29. The van der Waals surface area contributed by atoms with Crippen LogP contribution >= 0.6 is 0 Å². The molecule has 0 amide bonds. The van der Waals surface area contributed by atoms with Gasteiger partial charge in [-0.1, -0.05) is 6.07 Å². The van der Waals surface area contributed by atoms with Gasteiger partial charge in [0.25, 0.3) is 0 Å². The second-order valence-electron chi connectivity index (χ2n) is 4.39. The minimum Gasteiger partial charge on any atom is -0.381 e. The maximum absolute atomic E-state index is 5.47. The molecule has 0 saturated carbocycles. The average molecular weight is 217 g/mol. The average Bonchev–Trinajstić information content (AvgIpc) is 2.73. The Morgan fingerprint density at radius 2 is 2.38 bits per heavy atom. The highest BCUT2D eigenvalue weighted by Gasteiger charge is 2.20. The van der Waals surface area contributed by atoms with E-state index < -0.39 is 0 Å². The van der Waals surface area contributed by atoms with E-state index in [0.29, 0.717) is 5.92 Å². The molecule has 1 saturated heterocycles. The molecule has 0 spiro atoms. The first-order chi connectivity index (χ1) is 7.83. The zero-order chi connectivity index (χ0) is 11.0. The predicted octanol–water partition coefficient (Wildman–Crippen LogP) is 1.93. The van der Waals surface area contributed by atoms with Crippen LogP contribution in [0.2, 0.25) is 0 Å². The van der Waals surface area contributed by atoms with Gasteiger partial charge in [-0.05, 0) is 31.4 Å². The van der Waals surface area contributed by atoms with Crippen LogP contribution in [0.25, 0.3) is 5.65 Å². The van der Waals surface area contributed by atoms with E-state index in [0.717, 1.165) is 37.5 Å². The van der Waals surface area contributed by atoms with Crippen molar-refractivity contribution in [3.63, 3.8) is 0 Å². The lowest BCUT2D eigenvalue weighted by molar-refractivity contribution is 0.0781. The first-order valence-electron chi connectivity index (χ1n) is 5.73. The summed E-state index contributed by atoms with van der Waals surface area (Å²) in [7, 11) is 0. The Morgan fingerprint density at radius 3 is 3.19 bits per heavy atom. The lowest BCUT2D eigenvalue weighted by Gasteiger charge is -2.18. The van der Waals surface area contributed by atoms with Gasteiger partial charge in [0.2, 0.25) is 0 Å². The van der Waals surface area contributed by atoms with Gasteiger partial charge in [-0.2, -0.15) is 5.10 Å². The number of fused-ring (bicyclic) bond motifs is 1. The second-order valence-corrected chi connectivity index (χ2v) is 4.39. The second kappa shape index (κ2) is 3.87. The number of ether oxygens (including phenoxy) is 1. The third kappa shape index (κ3) is 1.69. The monoisotopic (exact) mass is 217 g/mol. The Bertz CT molecular complexity index is 500. The summed E-state index contributed by atoms with van der Waals surface area (Å²) in [5.41, 5.74) is 2.12. The van der Waals surface area contributed by atoms with Gasteiger partial charge in [0, 0.05) is 18.7 Å². The van der Waals surface area contributed by atoms with Crippen molar-refractivity contribution in [2.24, 2.45) is 0 Å². The molecule has 2 aromatic heterocycles. The van der Waals surface area contributed by atoms with Crippen LogP contribution in [0, 0.1) is 6.92 Å². The van der Waals surface area contributed by atoms with E-state index in [-0.39, 0.29) is 0 Å². The molecular weight excluding hydrogens is 202 g/mol. The standard InChI is InChI=1S/C12H15N3O/c1-9-4-5-11-13-12(14-15(11)7-9)10-3-2-6-16-8-10/h4-5,7,10H,2-3,6,8H2,1H3. The minimum atomic E-state index is 0.369. The Balaban J connectivity index is 1.97. The van der Waals surface area contributed by atoms with Crippen LogP contribution in [-0.4, -0.2) is 27.8 Å². The van der Waals surface area contributed by atoms with Crippen LogP contribution in [0.15, 0.2) is 18.3 Å². The van der Waals surface area contributed by atoms with Crippen LogP contribution in [0.5, 0.6) is 0 Å². The van der Waals surface area contributed by atoms with E-state index in [1.54, 1.807) is 0 Å². The van der Waals surface area contributed by atoms with E-state index in [9.17, 15) is 0 Å². The quantitative estimate of drug-likeness (QED) is 0.732. The number of pyridine rings is 1. The smallest absolute Gasteiger partial charge is 0.157 e. The highest BCUT2D eigenvalue weighted by molar-refractivity contribution is 5.38. The summed E-state index contributed by atoms with van der Waals surface area (Å²) in [5, 5.41) is 4.52. The van der Waals surface area contributed by atoms with Crippen LogP contribution < -0.4 is 0 Å². The zero-order valence-corrected chi connectivity index (χ0v) is 9.39. The van der Waals surface area contributed by atoms with Gasteiger partial charge in [0.05, 0.1) is 6.61 Å². The van der Waals surface area contributed by atoms with Crippen molar-refractivity contribution in [1.82, 2.24) is 14.6 Å². The van der Waals surface area contributed by atoms with Gasteiger partial charge in [-0.15, -0.1) is 0 Å². The maximum atomic E-state index is 5.47. The summed E-state index contributed by atoms with van der Waals surface area (Å²) >= 11 is 0. The predicted molar refractivity (Wildman–Crippen MR) is 60.5 cm³/mol. The fourth-order valence-corrected chi connectivity index (χ4v) is 2.12. The number of hydrogen-bond donors (Lipinski definition) is 0. The van der Waals surface area contributed by atoms with Gasteiger partial charge in [0.1, 0.15) is 0 Å².